The Labute approximate surface area is 188 Å². The Bertz CT molecular complexity index is 841. The summed E-state index contributed by atoms with van der Waals surface area (Å²) in [7, 11) is 1.60. The van der Waals surface area contributed by atoms with Crippen molar-refractivity contribution in [1.82, 2.24) is 10.2 Å². The Morgan fingerprint density at radius 3 is 2.23 bits per heavy atom. The molecule has 0 radical (unpaired) electrons. The fourth-order valence-electron chi connectivity index (χ4n) is 3.15. The molecule has 0 bridgehead atoms. The molecule has 2 rings (SSSR count). The van der Waals surface area contributed by atoms with Gasteiger partial charge in [0, 0.05) is 18.3 Å². The first-order valence-electron chi connectivity index (χ1n) is 10.4. The van der Waals surface area contributed by atoms with Gasteiger partial charge in [-0.05, 0) is 55.7 Å². The third-order valence-electron chi connectivity index (χ3n) is 4.74. The van der Waals surface area contributed by atoms with Gasteiger partial charge in [-0.2, -0.15) is 0 Å². The summed E-state index contributed by atoms with van der Waals surface area (Å²) in [4.78, 5) is 27.6. The molecule has 7 heteroatoms. The van der Waals surface area contributed by atoms with Gasteiger partial charge in [0.25, 0.3) is 0 Å². The molecule has 0 spiro atoms. The van der Waals surface area contributed by atoms with Crippen LogP contribution in [0.3, 0.4) is 0 Å². The standard InChI is InChI=1S/C24H31FN2O3S/c1-5-22(24(29)26-17(2)3)27(14-18-8-12-21(30-4)13-9-18)23(28)16-31-15-19-6-10-20(25)11-7-19/h6-13,17,22H,5,14-16H2,1-4H3,(H,26,29)/t22-/m0/s1. The maximum absolute atomic E-state index is 13.1. The van der Waals surface area contributed by atoms with Crippen LogP contribution in [0.2, 0.25) is 0 Å². The number of carbonyl (C=O) groups is 2. The number of thioether (sulfide) groups is 1. The van der Waals surface area contributed by atoms with E-state index in [4.69, 9.17) is 4.74 Å². The van der Waals surface area contributed by atoms with Gasteiger partial charge < -0.3 is 15.0 Å². The first kappa shape index (κ1) is 24.7. The summed E-state index contributed by atoms with van der Waals surface area (Å²) in [6.45, 7) is 6.05. The minimum Gasteiger partial charge on any atom is -0.497 e. The van der Waals surface area contributed by atoms with E-state index in [0.29, 0.717) is 18.7 Å². The van der Waals surface area contributed by atoms with E-state index in [1.54, 1.807) is 24.1 Å². The fraction of sp³-hybridized carbons (Fsp3) is 0.417. The number of halogens is 1. The van der Waals surface area contributed by atoms with Crippen molar-refractivity contribution >= 4 is 23.6 Å². The molecule has 0 aromatic heterocycles. The van der Waals surface area contributed by atoms with Crippen molar-refractivity contribution in [2.24, 2.45) is 0 Å². The molecule has 2 amide bonds. The molecule has 0 saturated heterocycles. The second kappa shape index (κ2) is 12.3. The maximum atomic E-state index is 13.1. The van der Waals surface area contributed by atoms with Gasteiger partial charge in [-0.1, -0.05) is 31.2 Å². The average molecular weight is 447 g/mol. The summed E-state index contributed by atoms with van der Waals surface area (Å²) in [5.74, 6) is 1.03. The van der Waals surface area contributed by atoms with E-state index in [0.717, 1.165) is 16.9 Å². The number of benzene rings is 2. The monoisotopic (exact) mass is 446 g/mol. The lowest BCUT2D eigenvalue weighted by atomic mass is 10.1. The van der Waals surface area contributed by atoms with E-state index in [9.17, 15) is 14.0 Å². The predicted octanol–water partition coefficient (Wildman–Crippen LogP) is 4.40. The van der Waals surface area contributed by atoms with Gasteiger partial charge in [0.05, 0.1) is 12.9 Å². The zero-order valence-electron chi connectivity index (χ0n) is 18.6. The van der Waals surface area contributed by atoms with Crippen LogP contribution in [-0.2, 0) is 21.9 Å². The molecule has 0 aliphatic rings. The van der Waals surface area contributed by atoms with E-state index >= 15 is 0 Å². The molecule has 0 aliphatic heterocycles. The van der Waals surface area contributed by atoms with Crippen molar-refractivity contribution in [2.75, 3.05) is 12.9 Å². The number of nitrogens with one attached hydrogen (secondary N) is 1. The molecule has 0 unspecified atom stereocenters. The van der Waals surface area contributed by atoms with Crippen LogP contribution in [0.4, 0.5) is 4.39 Å². The van der Waals surface area contributed by atoms with Gasteiger partial charge in [0.2, 0.25) is 11.8 Å². The van der Waals surface area contributed by atoms with Gasteiger partial charge in [-0.25, -0.2) is 4.39 Å². The number of rotatable bonds is 11. The van der Waals surface area contributed by atoms with Crippen molar-refractivity contribution in [3.8, 4) is 5.75 Å². The zero-order chi connectivity index (χ0) is 22.8. The molecule has 1 atom stereocenters. The third-order valence-corrected chi connectivity index (χ3v) is 5.72. The summed E-state index contributed by atoms with van der Waals surface area (Å²) in [5, 5.41) is 2.93. The van der Waals surface area contributed by atoms with Crippen molar-refractivity contribution < 1.29 is 18.7 Å². The van der Waals surface area contributed by atoms with Crippen LogP contribution in [0.25, 0.3) is 0 Å². The molecule has 2 aromatic rings. The number of carbonyl (C=O) groups excluding carboxylic acids is 2. The third kappa shape index (κ3) is 7.90. The van der Waals surface area contributed by atoms with E-state index in [2.05, 4.69) is 5.32 Å². The van der Waals surface area contributed by atoms with Crippen LogP contribution < -0.4 is 10.1 Å². The van der Waals surface area contributed by atoms with Crippen LogP contribution in [0.1, 0.15) is 38.3 Å². The van der Waals surface area contributed by atoms with Crippen LogP contribution in [0, 0.1) is 5.82 Å². The average Bonchev–Trinajstić information content (AvgIpc) is 2.74. The fourth-order valence-corrected chi connectivity index (χ4v) is 4.02. The highest BCUT2D eigenvalue weighted by Crippen LogP contribution is 2.19. The van der Waals surface area contributed by atoms with Crippen molar-refractivity contribution in [2.45, 2.75) is 51.6 Å². The Balaban J connectivity index is 2.12. The number of methoxy groups -OCH3 is 1. The summed E-state index contributed by atoms with van der Waals surface area (Å²) in [5.41, 5.74) is 1.87. The molecule has 0 saturated carbocycles. The Kier molecular flexibility index (Phi) is 9.85. The molecule has 31 heavy (non-hydrogen) atoms. The molecule has 5 nitrogen and oxygen atoms in total. The predicted molar refractivity (Wildman–Crippen MR) is 123 cm³/mol. The van der Waals surface area contributed by atoms with Crippen LogP contribution >= 0.6 is 11.8 Å². The maximum Gasteiger partial charge on any atom is 0.243 e. The summed E-state index contributed by atoms with van der Waals surface area (Å²) < 4.78 is 18.3. The van der Waals surface area contributed by atoms with E-state index in [-0.39, 0.29) is 29.4 Å². The topological polar surface area (TPSA) is 58.6 Å². The Morgan fingerprint density at radius 2 is 1.68 bits per heavy atom. The molecule has 0 heterocycles. The Hall–Kier alpha value is -2.54. The van der Waals surface area contributed by atoms with Crippen molar-refractivity contribution in [3.05, 3.63) is 65.5 Å². The molecule has 1 N–H and O–H groups in total. The van der Waals surface area contributed by atoms with Gasteiger partial charge >= 0.3 is 0 Å². The number of hydrogen-bond donors (Lipinski definition) is 1. The summed E-state index contributed by atoms with van der Waals surface area (Å²) in [6.07, 6.45) is 0.517. The SMILES string of the molecule is CC[C@@H](C(=O)NC(C)C)N(Cc1ccc(OC)cc1)C(=O)CSCc1ccc(F)cc1. The highest BCUT2D eigenvalue weighted by atomic mass is 32.2. The van der Waals surface area contributed by atoms with Gasteiger partial charge in [-0.15, -0.1) is 11.8 Å². The molecule has 0 fully saturated rings. The molecule has 168 valence electrons. The van der Waals surface area contributed by atoms with Crippen LogP contribution in [-0.4, -0.2) is 41.7 Å². The normalized spacial score (nSPS) is 11.8. The largest absolute Gasteiger partial charge is 0.497 e. The zero-order valence-corrected chi connectivity index (χ0v) is 19.4. The molecular formula is C24H31FN2O3S. The highest BCUT2D eigenvalue weighted by molar-refractivity contribution is 7.99. The number of nitrogens with zero attached hydrogens (tertiary/aromatic N) is 1. The quantitative estimate of drug-likeness (QED) is 0.556. The van der Waals surface area contributed by atoms with Crippen LogP contribution in [0.15, 0.2) is 48.5 Å². The van der Waals surface area contributed by atoms with E-state index < -0.39 is 6.04 Å². The van der Waals surface area contributed by atoms with Gasteiger partial charge in [-0.3, -0.25) is 9.59 Å². The lowest BCUT2D eigenvalue weighted by Crippen LogP contribution is -2.50. The van der Waals surface area contributed by atoms with Crippen molar-refractivity contribution in [1.29, 1.82) is 0 Å². The molecular weight excluding hydrogens is 415 g/mol. The highest BCUT2D eigenvalue weighted by Gasteiger charge is 2.28. The number of ether oxygens (including phenoxy) is 1. The smallest absolute Gasteiger partial charge is 0.243 e. The minimum atomic E-state index is -0.552. The van der Waals surface area contributed by atoms with Gasteiger partial charge in [0.15, 0.2) is 0 Å². The van der Waals surface area contributed by atoms with Crippen molar-refractivity contribution in [3.63, 3.8) is 0 Å². The molecule has 0 aliphatic carbocycles. The van der Waals surface area contributed by atoms with Crippen LogP contribution in [0.5, 0.6) is 5.75 Å². The molecule has 2 aromatic carbocycles. The second-order valence-electron chi connectivity index (χ2n) is 7.58. The summed E-state index contributed by atoms with van der Waals surface area (Å²) >= 11 is 1.45. The first-order chi connectivity index (χ1) is 14.8. The van der Waals surface area contributed by atoms with E-state index in [1.807, 2.05) is 45.0 Å². The van der Waals surface area contributed by atoms with E-state index in [1.165, 1.54) is 23.9 Å². The first-order valence-corrected chi connectivity index (χ1v) is 11.5. The minimum absolute atomic E-state index is 0.00709. The second-order valence-corrected chi connectivity index (χ2v) is 8.56. The Morgan fingerprint density at radius 1 is 1.06 bits per heavy atom. The lowest BCUT2D eigenvalue weighted by molar-refractivity contribution is -0.139. The summed E-state index contributed by atoms with van der Waals surface area (Å²) in [6, 6.07) is 13.2. The number of hydrogen-bond acceptors (Lipinski definition) is 4. The van der Waals surface area contributed by atoms with Gasteiger partial charge in [0.1, 0.15) is 17.6 Å². The lowest BCUT2D eigenvalue weighted by Gasteiger charge is -2.31. The number of amides is 2.